The van der Waals surface area contributed by atoms with Crippen molar-refractivity contribution in [2.24, 2.45) is 0 Å². The number of fused-ring (bicyclic) bond motifs is 1. The molecule has 0 atom stereocenters. The molecule has 68 valence electrons. The van der Waals surface area contributed by atoms with Gasteiger partial charge in [-0.15, -0.1) is 11.8 Å². The molecule has 1 aliphatic rings. The largest absolute Gasteiger partial charge is 0.398 e. The second kappa shape index (κ2) is 3.42. The van der Waals surface area contributed by atoms with Gasteiger partial charge in [0.05, 0.1) is 0 Å². The van der Waals surface area contributed by atoms with Crippen LogP contribution in [0.3, 0.4) is 0 Å². The van der Waals surface area contributed by atoms with Gasteiger partial charge >= 0.3 is 0 Å². The molecule has 0 bridgehead atoms. The topological polar surface area (TPSA) is 43.1 Å². The lowest BCUT2D eigenvalue weighted by Gasteiger charge is -2.05. The van der Waals surface area contributed by atoms with E-state index in [4.69, 9.17) is 5.73 Å². The minimum atomic E-state index is 0.229. The Kier molecular flexibility index (Phi) is 2.27. The summed E-state index contributed by atoms with van der Waals surface area (Å²) in [5.74, 6) is 1.22. The van der Waals surface area contributed by atoms with Gasteiger partial charge in [-0.2, -0.15) is 0 Å². The van der Waals surface area contributed by atoms with Crippen LogP contribution in [0.25, 0.3) is 0 Å². The fourth-order valence-corrected chi connectivity index (χ4v) is 2.54. The summed E-state index contributed by atoms with van der Waals surface area (Å²) in [6, 6.07) is 5.56. The molecule has 0 unspecified atom stereocenters. The molecule has 0 amide bonds. The Hall–Kier alpha value is -0.960. The van der Waals surface area contributed by atoms with Crippen LogP contribution in [0, 0.1) is 0 Å². The van der Waals surface area contributed by atoms with Crippen molar-refractivity contribution >= 4 is 23.2 Å². The smallest absolute Gasteiger partial charge is 0.164 e. The van der Waals surface area contributed by atoms with Gasteiger partial charge in [0.1, 0.15) is 0 Å². The van der Waals surface area contributed by atoms with Gasteiger partial charge in [-0.3, -0.25) is 4.79 Å². The molecule has 1 aromatic rings. The summed E-state index contributed by atoms with van der Waals surface area (Å²) in [7, 11) is 0. The Morgan fingerprint density at radius 3 is 3.08 bits per heavy atom. The SMILES string of the molecule is Nc1cccc2c1SCCCC2=O. The molecule has 1 aliphatic heterocycles. The number of anilines is 1. The summed E-state index contributed by atoms with van der Waals surface area (Å²) >= 11 is 1.69. The molecule has 0 aliphatic carbocycles. The van der Waals surface area contributed by atoms with Crippen LogP contribution in [0.2, 0.25) is 0 Å². The average Bonchev–Trinajstić information content (AvgIpc) is 2.30. The standard InChI is InChI=1S/C10H11NOS/c11-8-4-1-3-7-9(12)5-2-6-13-10(7)8/h1,3-4H,2,5-6,11H2. The van der Waals surface area contributed by atoms with E-state index in [-0.39, 0.29) is 5.78 Å². The van der Waals surface area contributed by atoms with E-state index in [0.717, 1.165) is 28.3 Å². The number of nitrogens with two attached hydrogens (primary N) is 1. The quantitative estimate of drug-likeness (QED) is 0.643. The van der Waals surface area contributed by atoms with E-state index in [1.807, 2.05) is 18.2 Å². The van der Waals surface area contributed by atoms with Crippen LogP contribution in [0.4, 0.5) is 5.69 Å². The lowest BCUT2D eigenvalue weighted by atomic mass is 10.1. The van der Waals surface area contributed by atoms with Crippen LogP contribution in [0.1, 0.15) is 23.2 Å². The van der Waals surface area contributed by atoms with Crippen LogP contribution < -0.4 is 5.73 Å². The number of rotatable bonds is 0. The van der Waals surface area contributed by atoms with E-state index in [9.17, 15) is 4.79 Å². The Morgan fingerprint density at radius 2 is 2.23 bits per heavy atom. The molecule has 3 heteroatoms. The molecular formula is C10H11NOS. The van der Waals surface area contributed by atoms with E-state index >= 15 is 0 Å². The van der Waals surface area contributed by atoms with Crippen molar-refractivity contribution in [3.8, 4) is 0 Å². The van der Waals surface area contributed by atoms with Crippen LogP contribution >= 0.6 is 11.8 Å². The number of hydrogen-bond donors (Lipinski definition) is 1. The first-order chi connectivity index (χ1) is 6.29. The minimum Gasteiger partial charge on any atom is -0.398 e. The summed E-state index contributed by atoms with van der Waals surface area (Å²) in [5.41, 5.74) is 7.34. The summed E-state index contributed by atoms with van der Waals surface area (Å²) in [6.07, 6.45) is 1.61. The Labute approximate surface area is 81.5 Å². The van der Waals surface area contributed by atoms with Crippen molar-refractivity contribution < 1.29 is 4.79 Å². The molecule has 2 N–H and O–H groups in total. The van der Waals surface area contributed by atoms with Crippen LogP contribution in [0.15, 0.2) is 23.1 Å². The maximum absolute atomic E-state index is 11.6. The van der Waals surface area contributed by atoms with E-state index in [2.05, 4.69) is 0 Å². The number of thioether (sulfide) groups is 1. The molecule has 1 aromatic carbocycles. The number of benzene rings is 1. The van der Waals surface area contributed by atoms with E-state index in [1.54, 1.807) is 11.8 Å². The van der Waals surface area contributed by atoms with Gasteiger partial charge in [-0.05, 0) is 18.2 Å². The van der Waals surface area contributed by atoms with Crippen LogP contribution in [-0.2, 0) is 0 Å². The Morgan fingerprint density at radius 1 is 1.38 bits per heavy atom. The Balaban J connectivity index is 2.54. The number of carbonyl (C=O) groups excluding carboxylic acids is 1. The van der Waals surface area contributed by atoms with E-state index in [0.29, 0.717) is 6.42 Å². The van der Waals surface area contributed by atoms with Crippen LogP contribution in [0.5, 0.6) is 0 Å². The second-order valence-corrected chi connectivity index (χ2v) is 4.20. The highest BCUT2D eigenvalue weighted by atomic mass is 32.2. The zero-order chi connectivity index (χ0) is 9.26. The summed E-state index contributed by atoms with van der Waals surface area (Å²) in [5, 5.41) is 0. The van der Waals surface area contributed by atoms with Crippen molar-refractivity contribution in [3.05, 3.63) is 23.8 Å². The fourth-order valence-electron chi connectivity index (χ4n) is 1.48. The van der Waals surface area contributed by atoms with Crippen molar-refractivity contribution in [3.63, 3.8) is 0 Å². The molecule has 0 aromatic heterocycles. The molecule has 2 rings (SSSR count). The predicted molar refractivity (Wildman–Crippen MR) is 55.1 cm³/mol. The highest BCUT2D eigenvalue weighted by Crippen LogP contribution is 2.33. The first-order valence-electron chi connectivity index (χ1n) is 4.33. The Bertz CT molecular complexity index is 349. The second-order valence-electron chi connectivity index (χ2n) is 3.10. The molecule has 13 heavy (non-hydrogen) atoms. The first kappa shape index (κ1) is 8.63. The van der Waals surface area contributed by atoms with E-state index < -0.39 is 0 Å². The summed E-state index contributed by atoms with van der Waals surface area (Å²) in [4.78, 5) is 12.6. The monoisotopic (exact) mass is 193 g/mol. The van der Waals surface area contributed by atoms with E-state index in [1.165, 1.54) is 0 Å². The molecule has 0 spiro atoms. The van der Waals surface area contributed by atoms with Crippen molar-refractivity contribution in [1.29, 1.82) is 0 Å². The van der Waals surface area contributed by atoms with Crippen molar-refractivity contribution in [2.45, 2.75) is 17.7 Å². The van der Waals surface area contributed by atoms with Crippen molar-refractivity contribution in [2.75, 3.05) is 11.5 Å². The molecule has 0 radical (unpaired) electrons. The molecule has 0 saturated carbocycles. The molecule has 0 saturated heterocycles. The maximum atomic E-state index is 11.6. The highest BCUT2D eigenvalue weighted by molar-refractivity contribution is 7.99. The molecular weight excluding hydrogens is 182 g/mol. The van der Waals surface area contributed by atoms with Gasteiger partial charge in [0.15, 0.2) is 5.78 Å². The zero-order valence-electron chi connectivity index (χ0n) is 7.25. The van der Waals surface area contributed by atoms with Gasteiger partial charge in [0, 0.05) is 22.6 Å². The third kappa shape index (κ3) is 1.56. The number of hydrogen-bond acceptors (Lipinski definition) is 3. The summed E-state index contributed by atoms with van der Waals surface area (Å²) < 4.78 is 0. The lowest BCUT2D eigenvalue weighted by Crippen LogP contribution is -2.00. The third-order valence-corrected chi connectivity index (χ3v) is 3.38. The number of nitrogen functional groups attached to an aromatic ring is 1. The maximum Gasteiger partial charge on any atom is 0.164 e. The van der Waals surface area contributed by atoms with Gasteiger partial charge in [0.25, 0.3) is 0 Å². The fraction of sp³-hybridized carbons (Fsp3) is 0.300. The minimum absolute atomic E-state index is 0.229. The number of carbonyl (C=O) groups is 1. The number of Topliss-reactive ketones (excluding diaryl/α,β-unsaturated/α-hetero) is 1. The van der Waals surface area contributed by atoms with Gasteiger partial charge < -0.3 is 5.73 Å². The average molecular weight is 193 g/mol. The molecule has 1 heterocycles. The first-order valence-corrected chi connectivity index (χ1v) is 5.32. The number of ketones is 1. The normalized spacial score (nSPS) is 16.5. The summed E-state index contributed by atoms with van der Waals surface area (Å²) in [6.45, 7) is 0. The molecule has 2 nitrogen and oxygen atoms in total. The lowest BCUT2D eigenvalue weighted by molar-refractivity contribution is 0.0980. The predicted octanol–water partition coefficient (Wildman–Crippen LogP) is 2.34. The highest BCUT2D eigenvalue weighted by Gasteiger charge is 2.16. The van der Waals surface area contributed by atoms with Gasteiger partial charge in [-0.25, -0.2) is 0 Å². The molecule has 0 fully saturated rings. The van der Waals surface area contributed by atoms with Crippen LogP contribution in [-0.4, -0.2) is 11.5 Å². The third-order valence-electron chi connectivity index (χ3n) is 2.14. The van der Waals surface area contributed by atoms with Gasteiger partial charge in [0.2, 0.25) is 0 Å². The van der Waals surface area contributed by atoms with Crippen molar-refractivity contribution in [1.82, 2.24) is 0 Å². The van der Waals surface area contributed by atoms with Gasteiger partial charge in [-0.1, -0.05) is 12.1 Å². The zero-order valence-corrected chi connectivity index (χ0v) is 8.06.